The molecule has 0 atom stereocenters. The molecule has 2 aromatic rings. The van der Waals surface area contributed by atoms with Gasteiger partial charge in [-0.25, -0.2) is 9.59 Å². The Labute approximate surface area is 151 Å². The van der Waals surface area contributed by atoms with Gasteiger partial charge in [-0.1, -0.05) is 30.4 Å². The van der Waals surface area contributed by atoms with Gasteiger partial charge >= 0.3 is 11.9 Å². The molecule has 0 saturated heterocycles. The van der Waals surface area contributed by atoms with Gasteiger partial charge in [0, 0.05) is 5.69 Å². The lowest BCUT2D eigenvalue weighted by Crippen LogP contribution is -2.21. The summed E-state index contributed by atoms with van der Waals surface area (Å²) in [7, 11) is 0. The Balaban J connectivity index is 2.86. The maximum absolute atomic E-state index is 12.4. The van der Waals surface area contributed by atoms with Crippen LogP contribution in [0.25, 0.3) is 5.69 Å². The minimum Gasteiger partial charge on any atom is -0.462 e. The molecule has 0 spiro atoms. The normalized spacial score (nSPS) is 10.4. The number of hydrogen-bond donors (Lipinski definition) is 1. The van der Waals surface area contributed by atoms with Crippen LogP contribution < -0.4 is 5.73 Å². The van der Waals surface area contributed by atoms with Crippen LogP contribution in [0.3, 0.4) is 0 Å². The number of pyridine rings is 1. The summed E-state index contributed by atoms with van der Waals surface area (Å²) < 4.78 is 11.9. The van der Waals surface area contributed by atoms with Gasteiger partial charge < -0.3 is 15.2 Å². The highest BCUT2D eigenvalue weighted by Gasteiger charge is 2.26. The van der Waals surface area contributed by atoms with Gasteiger partial charge in [-0.2, -0.15) is 0 Å². The minimum atomic E-state index is -0.609. The van der Waals surface area contributed by atoms with Crippen LogP contribution in [0.15, 0.2) is 30.3 Å². The standard InChI is InChI=1S/C18H20N2O4S/c1-4-23-17(21)13-11(3)14(18(22)24-5-2)16(25)20(15(13)19)12-9-7-6-8-10-12/h6-10H,4-5,19H2,1-3H3. The number of hydrogen-bond acceptors (Lipinski definition) is 6. The van der Waals surface area contributed by atoms with Crippen LogP contribution >= 0.6 is 12.2 Å². The number of aromatic nitrogens is 1. The molecule has 0 aliphatic rings. The third-order valence-corrected chi connectivity index (χ3v) is 4.02. The lowest BCUT2D eigenvalue weighted by atomic mass is 10.0. The van der Waals surface area contributed by atoms with E-state index in [1.54, 1.807) is 32.9 Å². The predicted octanol–water partition coefficient (Wildman–Crippen LogP) is 3.45. The van der Waals surface area contributed by atoms with E-state index < -0.39 is 11.9 Å². The zero-order valence-corrected chi connectivity index (χ0v) is 15.2. The topological polar surface area (TPSA) is 83.6 Å². The van der Waals surface area contributed by atoms with Crippen molar-refractivity contribution in [3.8, 4) is 5.69 Å². The molecule has 1 aromatic heterocycles. The summed E-state index contributed by atoms with van der Waals surface area (Å²) in [6, 6.07) is 9.03. The van der Waals surface area contributed by atoms with Gasteiger partial charge in [-0.05, 0) is 38.5 Å². The number of carbonyl (C=O) groups excluding carboxylic acids is 2. The fourth-order valence-corrected chi connectivity index (χ4v) is 2.99. The van der Waals surface area contributed by atoms with Crippen LogP contribution in [-0.4, -0.2) is 29.7 Å². The number of nitrogens with zero attached hydrogens (tertiary/aromatic N) is 1. The fraction of sp³-hybridized carbons (Fsp3) is 0.278. The van der Waals surface area contributed by atoms with Gasteiger partial charge in [0.25, 0.3) is 0 Å². The van der Waals surface area contributed by atoms with Crippen molar-refractivity contribution in [1.82, 2.24) is 4.57 Å². The molecule has 1 heterocycles. The second-order valence-corrected chi connectivity index (χ2v) is 5.56. The van der Waals surface area contributed by atoms with Crippen molar-refractivity contribution >= 4 is 30.0 Å². The van der Waals surface area contributed by atoms with Crippen molar-refractivity contribution in [3.05, 3.63) is 51.7 Å². The Morgan fingerprint density at radius 2 is 1.56 bits per heavy atom. The number of nitrogens with two attached hydrogens (primary N) is 1. The number of carbonyl (C=O) groups is 2. The third-order valence-electron chi connectivity index (χ3n) is 3.64. The number of ether oxygens (including phenoxy) is 2. The van der Waals surface area contributed by atoms with Crippen molar-refractivity contribution in [2.24, 2.45) is 0 Å². The number of esters is 2. The molecule has 0 aliphatic heterocycles. The van der Waals surface area contributed by atoms with E-state index in [0.717, 1.165) is 0 Å². The van der Waals surface area contributed by atoms with Crippen LogP contribution in [0.1, 0.15) is 40.1 Å². The van der Waals surface area contributed by atoms with Crippen LogP contribution in [0.2, 0.25) is 0 Å². The first-order valence-corrected chi connectivity index (χ1v) is 8.29. The van der Waals surface area contributed by atoms with Gasteiger partial charge in [0.15, 0.2) is 0 Å². The highest BCUT2D eigenvalue weighted by atomic mass is 32.1. The molecule has 25 heavy (non-hydrogen) atoms. The van der Waals surface area contributed by atoms with E-state index in [9.17, 15) is 9.59 Å². The molecule has 0 saturated carbocycles. The number of para-hydroxylation sites is 1. The molecule has 1 aromatic carbocycles. The van der Waals surface area contributed by atoms with E-state index >= 15 is 0 Å². The molecule has 7 heteroatoms. The largest absolute Gasteiger partial charge is 0.462 e. The summed E-state index contributed by atoms with van der Waals surface area (Å²) >= 11 is 5.48. The lowest BCUT2D eigenvalue weighted by Gasteiger charge is -2.19. The molecule has 132 valence electrons. The van der Waals surface area contributed by atoms with Crippen molar-refractivity contribution < 1.29 is 19.1 Å². The molecule has 6 nitrogen and oxygen atoms in total. The SMILES string of the molecule is CCOC(=O)c1c(C)c(C(=O)OCC)c(=S)n(-c2ccccc2)c1N. The van der Waals surface area contributed by atoms with Gasteiger partial charge in [-0.15, -0.1) is 0 Å². The van der Waals surface area contributed by atoms with E-state index in [4.69, 9.17) is 27.4 Å². The number of anilines is 1. The van der Waals surface area contributed by atoms with Gasteiger partial charge in [0.05, 0.1) is 18.8 Å². The monoisotopic (exact) mass is 360 g/mol. The zero-order chi connectivity index (χ0) is 18.6. The van der Waals surface area contributed by atoms with E-state index in [1.165, 1.54) is 4.57 Å². The number of nitrogen functional groups attached to an aromatic ring is 1. The van der Waals surface area contributed by atoms with Crippen LogP contribution in [0.4, 0.5) is 5.82 Å². The van der Waals surface area contributed by atoms with Crippen LogP contribution in [0.5, 0.6) is 0 Å². The summed E-state index contributed by atoms with van der Waals surface area (Å²) in [5.41, 5.74) is 7.48. The summed E-state index contributed by atoms with van der Waals surface area (Å²) in [6.07, 6.45) is 0. The Morgan fingerprint density at radius 3 is 2.08 bits per heavy atom. The molecule has 0 bridgehead atoms. The summed E-state index contributed by atoms with van der Waals surface area (Å²) in [5.74, 6) is -1.08. The maximum Gasteiger partial charge on any atom is 0.342 e. The Kier molecular flexibility index (Phi) is 5.93. The number of rotatable bonds is 5. The molecule has 2 N–H and O–H groups in total. The van der Waals surface area contributed by atoms with Crippen molar-refractivity contribution in [2.45, 2.75) is 20.8 Å². The molecule has 0 fully saturated rings. The summed E-state index contributed by atoms with van der Waals surface area (Å²) in [6.45, 7) is 5.39. The highest BCUT2D eigenvalue weighted by molar-refractivity contribution is 7.71. The summed E-state index contributed by atoms with van der Waals surface area (Å²) in [4.78, 5) is 24.8. The Morgan fingerprint density at radius 1 is 1.04 bits per heavy atom. The smallest absolute Gasteiger partial charge is 0.342 e. The molecule has 2 rings (SSSR count). The highest BCUT2D eigenvalue weighted by Crippen LogP contribution is 2.27. The molecule has 0 unspecified atom stereocenters. The lowest BCUT2D eigenvalue weighted by molar-refractivity contribution is 0.0522. The Bertz CT molecular complexity index is 860. The third kappa shape index (κ3) is 3.56. The quantitative estimate of drug-likeness (QED) is 0.649. The maximum atomic E-state index is 12.4. The van der Waals surface area contributed by atoms with E-state index in [0.29, 0.717) is 11.3 Å². The molecule has 0 aliphatic carbocycles. The number of benzene rings is 1. The van der Waals surface area contributed by atoms with Crippen molar-refractivity contribution in [3.63, 3.8) is 0 Å². The second kappa shape index (κ2) is 7.94. The average molecular weight is 360 g/mol. The zero-order valence-electron chi connectivity index (χ0n) is 14.4. The molecule has 0 radical (unpaired) electrons. The van der Waals surface area contributed by atoms with E-state index in [-0.39, 0.29) is 34.8 Å². The first-order valence-electron chi connectivity index (χ1n) is 7.88. The van der Waals surface area contributed by atoms with Crippen LogP contribution in [-0.2, 0) is 9.47 Å². The van der Waals surface area contributed by atoms with Crippen LogP contribution in [0, 0.1) is 11.6 Å². The fourth-order valence-electron chi connectivity index (χ4n) is 2.55. The molecular formula is C18H20N2O4S. The average Bonchev–Trinajstić information content (AvgIpc) is 2.56. The summed E-state index contributed by atoms with van der Waals surface area (Å²) in [5, 5.41) is 0. The van der Waals surface area contributed by atoms with Gasteiger partial charge in [0.1, 0.15) is 16.0 Å². The first-order chi connectivity index (χ1) is 11.9. The van der Waals surface area contributed by atoms with Crippen molar-refractivity contribution in [2.75, 3.05) is 18.9 Å². The van der Waals surface area contributed by atoms with Gasteiger partial charge in [-0.3, -0.25) is 4.57 Å². The van der Waals surface area contributed by atoms with E-state index in [1.807, 2.05) is 18.2 Å². The molecular weight excluding hydrogens is 340 g/mol. The predicted molar refractivity (Wildman–Crippen MR) is 97.7 cm³/mol. The molecule has 0 amide bonds. The first kappa shape index (κ1) is 18.7. The van der Waals surface area contributed by atoms with Gasteiger partial charge in [0.2, 0.25) is 0 Å². The minimum absolute atomic E-state index is 0.113. The Hall–Kier alpha value is -2.67. The van der Waals surface area contributed by atoms with E-state index in [2.05, 4.69) is 0 Å². The van der Waals surface area contributed by atoms with Crippen molar-refractivity contribution in [1.29, 1.82) is 0 Å². The second-order valence-electron chi connectivity index (χ2n) is 5.18.